The summed E-state index contributed by atoms with van der Waals surface area (Å²) in [6, 6.07) is 14.8. The van der Waals surface area contributed by atoms with E-state index in [9.17, 15) is 18.0 Å². The van der Waals surface area contributed by atoms with Crippen LogP contribution in [0.4, 0.5) is 4.79 Å². The Morgan fingerprint density at radius 2 is 1.65 bits per heavy atom. The predicted octanol–water partition coefficient (Wildman–Crippen LogP) is 2.03. The van der Waals surface area contributed by atoms with Crippen LogP contribution in [0.25, 0.3) is 0 Å². The zero-order chi connectivity index (χ0) is 22.2. The lowest BCUT2D eigenvalue weighted by atomic mass is 9.92. The van der Waals surface area contributed by atoms with Crippen molar-refractivity contribution in [3.8, 4) is 0 Å². The van der Waals surface area contributed by atoms with E-state index in [1.807, 2.05) is 30.3 Å². The number of carbonyl (C=O) groups is 2. The number of nitrogens with one attached hydrogen (secondary N) is 1. The maximum atomic E-state index is 13.1. The molecule has 1 saturated heterocycles. The number of amides is 3. The number of hydrogen-bond acceptors (Lipinski definition) is 7. The molecule has 4 rings (SSSR count). The maximum absolute atomic E-state index is 13.1. The van der Waals surface area contributed by atoms with Crippen molar-refractivity contribution in [3.63, 3.8) is 0 Å². The van der Waals surface area contributed by atoms with Gasteiger partial charge in [-0.25, -0.2) is 13.2 Å². The van der Waals surface area contributed by atoms with Gasteiger partial charge >= 0.3 is 6.03 Å². The Hall–Kier alpha value is -3.53. The van der Waals surface area contributed by atoms with E-state index in [1.54, 1.807) is 6.92 Å². The van der Waals surface area contributed by atoms with Crippen LogP contribution in [0.15, 0.2) is 63.9 Å². The summed E-state index contributed by atoms with van der Waals surface area (Å²) >= 11 is 0. The highest BCUT2D eigenvalue weighted by Crippen LogP contribution is 2.30. The van der Waals surface area contributed by atoms with Crippen molar-refractivity contribution >= 4 is 21.8 Å². The van der Waals surface area contributed by atoms with E-state index in [4.69, 9.17) is 4.42 Å². The Morgan fingerprint density at radius 3 is 2.29 bits per heavy atom. The maximum Gasteiger partial charge on any atom is 0.325 e. The van der Waals surface area contributed by atoms with Crippen molar-refractivity contribution in [1.29, 1.82) is 0 Å². The van der Waals surface area contributed by atoms with Gasteiger partial charge in [0.15, 0.2) is 9.84 Å². The van der Waals surface area contributed by atoms with E-state index in [-0.39, 0.29) is 17.3 Å². The van der Waals surface area contributed by atoms with Gasteiger partial charge in [0.05, 0.1) is 11.3 Å². The summed E-state index contributed by atoms with van der Waals surface area (Å²) in [7, 11) is -3.37. The SMILES string of the molecule is CC1(c2ccc(S(C)(=O)=O)cc2)NC(=O)N(Cc2nnc(Cc3ccccc3)o2)C1=O. The number of nitrogens with zero attached hydrogens (tertiary/aromatic N) is 3. The second kappa shape index (κ2) is 7.62. The van der Waals surface area contributed by atoms with E-state index in [1.165, 1.54) is 24.3 Å². The monoisotopic (exact) mass is 440 g/mol. The second-order valence-corrected chi connectivity index (χ2v) is 9.51. The van der Waals surface area contributed by atoms with Gasteiger partial charge in [-0.15, -0.1) is 10.2 Å². The summed E-state index contributed by atoms with van der Waals surface area (Å²) in [5.41, 5.74) is 0.133. The molecule has 1 aliphatic heterocycles. The quantitative estimate of drug-likeness (QED) is 0.582. The van der Waals surface area contributed by atoms with E-state index >= 15 is 0 Å². The highest BCUT2D eigenvalue weighted by atomic mass is 32.2. The number of rotatable bonds is 6. The third kappa shape index (κ3) is 4.06. The molecule has 1 aliphatic rings. The van der Waals surface area contributed by atoms with E-state index < -0.39 is 27.3 Å². The molecular weight excluding hydrogens is 420 g/mol. The van der Waals surface area contributed by atoms with E-state index in [2.05, 4.69) is 15.5 Å². The van der Waals surface area contributed by atoms with Crippen LogP contribution >= 0.6 is 0 Å². The minimum absolute atomic E-state index is 0.130. The molecule has 0 aliphatic carbocycles. The van der Waals surface area contributed by atoms with Gasteiger partial charge in [0, 0.05) is 6.26 Å². The minimum atomic E-state index is -3.37. The lowest BCUT2D eigenvalue weighted by Crippen LogP contribution is -2.40. The summed E-state index contributed by atoms with van der Waals surface area (Å²) < 4.78 is 28.9. The molecule has 1 unspecified atom stereocenters. The molecule has 0 spiro atoms. The Morgan fingerprint density at radius 1 is 1.00 bits per heavy atom. The van der Waals surface area contributed by atoms with Gasteiger partial charge in [-0.2, -0.15) is 0 Å². The number of sulfone groups is 1. The highest BCUT2D eigenvalue weighted by Gasteiger charge is 2.49. The molecule has 3 amide bonds. The fourth-order valence-electron chi connectivity index (χ4n) is 3.40. The van der Waals surface area contributed by atoms with Crippen LogP contribution in [0.1, 0.15) is 29.8 Å². The van der Waals surface area contributed by atoms with Crippen molar-refractivity contribution in [1.82, 2.24) is 20.4 Å². The highest BCUT2D eigenvalue weighted by molar-refractivity contribution is 7.90. The average molecular weight is 440 g/mol. The first-order valence-electron chi connectivity index (χ1n) is 9.47. The first-order chi connectivity index (χ1) is 14.7. The average Bonchev–Trinajstić information content (AvgIpc) is 3.26. The van der Waals surface area contributed by atoms with Gasteiger partial charge in [0.2, 0.25) is 11.8 Å². The summed E-state index contributed by atoms with van der Waals surface area (Å²) in [5, 5.41) is 10.6. The largest absolute Gasteiger partial charge is 0.423 e. The molecule has 2 aromatic carbocycles. The Balaban J connectivity index is 1.51. The third-order valence-electron chi connectivity index (χ3n) is 5.14. The van der Waals surface area contributed by atoms with E-state index in [0.717, 1.165) is 16.7 Å². The van der Waals surface area contributed by atoms with Gasteiger partial charge in [-0.1, -0.05) is 42.5 Å². The van der Waals surface area contributed by atoms with Crippen LogP contribution in [0.2, 0.25) is 0 Å². The number of carbonyl (C=O) groups excluding carboxylic acids is 2. The first-order valence-corrected chi connectivity index (χ1v) is 11.4. The number of aromatic nitrogens is 2. The molecule has 0 radical (unpaired) electrons. The van der Waals surface area contributed by atoms with Gasteiger partial charge < -0.3 is 9.73 Å². The van der Waals surface area contributed by atoms with Crippen LogP contribution < -0.4 is 5.32 Å². The summed E-state index contributed by atoms with van der Waals surface area (Å²) in [5.74, 6) is 0.0332. The molecule has 9 nitrogen and oxygen atoms in total. The van der Waals surface area contributed by atoms with Crippen LogP contribution in [-0.4, -0.2) is 41.7 Å². The van der Waals surface area contributed by atoms with Gasteiger partial charge in [-0.05, 0) is 30.2 Å². The molecule has 160 valence electrons. The summed E-state index contributed by atoms with van der Waals surface area (Å²) in [6.45, 7) is 1.40. The van der Waals surface area contributed by atoms with Crippen LogP contribution in [0.5, 0.6) is 0 Å². The number of urea groups is 1. The predicted molar refractivity (Wildman–Crippen MR) is 110 cm³/mol. The number of benzene rings is 2. The lowest BCUT2D eigenvalue weighted by Gasteiger charge is -2.22. The summed E-state index contributed by atoms with van der Waals surface area (Å²) in [6.07, 6.45) is 1.54. The van der Waals surface area contributed by atoms with Crippen LogP contribution in [0, 0.1) is 0 Å². The lowest BCUT2D eigenvalue weighted by molar-refractivity contribution is -0.131. The van der Waals surface area contributed by atoms with E-state index in [0.29, 0.717) is 17.9 Å². The molecule has 1 atom stereocenters. The molecule has 2 heterocycles. The van der Waals surface area contributed by atoms with Gasteiger partial charge in [0.1, 0.15) is 12.1 Å². The molecule has 1 fully saturated rings. The Kier molecular flexibility index (Phi) is 5.10. The van der Waals surface area contributed by atoms with Crippen molar-refractivity contribution < 1.29 is 22.4 Å². The van der Waals surface area contributed by atoms with Crippen molar-refractivity contribution in [2.24, 2.45) is 0 Å². The van der Waals surface area contributed by atoms with Crippen molar-refractivity contribution in [3.05, 3.63) is 77.5 Å². The molecule has 0 saturated carbocycles. The van der Waals surface area contributed by atoms with Crippen molar-refractivity contribution in [2.45, 2.75) is 30.3 Å². The normalized spacial score (nSPS) is 19.0. The molecule has 0 bridgehead atoms. The molecule has 10 heteroatoms. The van der Waals surface area contributed by atoms with Crippen LogP contribution in [0.3, 0.4) is 0 Å². The fraction of sp³-hybridized carbons (Fsp3) is 0.238. The Bertz CT molecular complexity index is 1240. The minimum Gasteiger partial charge on any atom is -0.423 e. The second-order valence-electron chi connectivity index (χ2n) is 7.49. The molecule has 1 N–H and O–H groups in total. The smallest absolute Gasteiger partial charge is 0.325 e. The summed E-state index contributed by atoms with van der Waals surface area (Å²) in [4.78, 5) is 26.7. The molecule has 1 aromatic heterocycles. The van der Waals surface area contributed by atoms with Crippen molar-refractivity contribution in [2.75, 3.05) is 6.26 Å². The third-order valence-corrected chi connectivity index (χ3v) is 6.26. The molecular formula is C21H20N4O5S. The standard InChI is InChI=1S/C21H20N4O5S/c1-21(15-8-10-16(11-9-15)31(2,28)29)19(26)25(20(27)22-21)13-18-24-23-17(30-18)12-14-6-4-3-5-7-14/h3-11H,12-13H2,1-2H3,(H,22,27). The molecule has 3 aromatic rings. The fourth-order valence-corrected chi connectivity index (χ4v) is 4.03. The van der Waals surface area contributed by atoms with Gasteiger partial charge in [0.25, 0.3) is 5.91 Å². The zero-order valence-electron chi connectivity index (χ0n) is 16.9. The number of hydrogen-bond donors (Lipinski definition) is 1. The van der Waals surface area contributed by atoms with Gasteiger partial charge in [-0.3, -0.25) is 9.69 Å². The topological polar surface area (TPSA) is 122 Å². The zero-order valence-corrected chi connectivity index (χ0v) is 17.7. The molecule has 31 heavy (non-hydrogen) atoms. The first kappa shape index (κ1) is 20.7. The number of imide groups is 1. The Labute approximate surface area is 179 Å². The van der Waals surface area contributed by atoms with Crippen LogP contribution in [-0.2, 0) is 33.1 Å².